The van der Waals surface area contributed by atoms with Crippen molar-refractivity contribution in [2.45, 2.75) is 66.7 Å². The van der Waals surface area contributed by atoms with Crippen molar-refractivity contribution < 1.29 is 9.25 Å². The molecule has 0 saturated heterocycles. The van der Waals surface area contributed by atoms with Crippen molar-refractivity contribution in [1.82, 2.24) is 10.2 Å². The summed E-state index contributed by atoms with van der Waals surface area (Å²) in [5.41, 5.74) is 7.12. The van der Waals surface area contributed by atoms with E-state index in [1.165, 1.54) is 16.7 Å². The van der Waals surface area contributed by atoms with Crippen molar-refractivity contribution >= 4 is 5.71 Å². The maximum atomic E-state index is 5.70. The summed E-state index contributed by atoms with van der Waals surface area (Å²) >= 11 is 0. The fourth-order valence-electron chi connectivity index (χ4n) is 4.21. The van der Waals surface area contributed by atoms with Crippen LogP contribution in [0.5, 0.6) is 0 Å². The molecule has 1 heterocycles. The lowest BCUT2D eigenvalue weighted by molar-refractivity contribution is 0.214. The van der Waals surface area contributed by atoms with E-state index in [1.54, 1.807) is 7.11 Å². The van der Waals surface area contributed by atoms with Gasteiger partial charge >= 0.3 is 0 Å². The van der Waals surface area contributed by atoms with Gasteiger partial charge in [0.2, 0.25) is 11.8 Å². The molecule has 170 valence electrons. The molecule has 0 aliphatic heterocycles. The minimum atomic E-state index is 0.118. The predicted octanol–water partition coefficient (Wildman–Crippen LogP) is 6.63. The molecule has 0 unspecified atom stereocenters. The summed E-state index contributed by atoms with van der Waals surface area (Å²) in [5.74, 6) is 1.46. The van der Waals surface area contributed by atoms with Gasteiger partial charge in [-0.2, -0.15) is 0 Å². The van der Waals surface area contributed by atoms with E-state index in [4.69, 9.17) is 9.25 Å². The molecular formula is C27H35N3O2. The number of hydrogen-bond donors (Lipinski definition) is 0. The second-order valence-corrected chi connectivity index (χ2v) is 8.69. The van der Waals surface area contributed by atoms with Crippen molar-refractivity contribution in [3.63, 3.8) is 0 Å². The van der Waals surface area contributed by atoms with Crippen LogP contribution in [0, 0.1) is 5.41 Å². The largest absolute Gasteiger partial charge is 0.425 e. The SMILES string of the molecule is CC.CCc1nnc(CC(C)(C)CCCc2ccc3c(c2)/C(=N\OC)c2ccccc2-3)o1. The Labute approximate surface area is 191 Å². The van der Waals surface area contributed by atoms with Gasteiger partial charge in [-0.05, 0) is 47.4 Å². The van der Waals surface area contributed by atoms with E-state index < -0.39 is 0 Å². The summed E-state index contributed by atoms with van der Waals surface area (Å²) in [6.45, 7) is 10.6. The first-order valence-corrected chi connectivity index (χ1v) is 11.7. The van der Waals surface area contributed by atoms with Crippen molar-refractivity contribution in [2.24, 2.45) is 10.6 Å². The predicted molar refractivity (Wildman–Crippen MR) is 130 cm³/mol. The summed E-state index contributed by atoms with van der Waals surface area (Å²) in [6.07, 6.45) is 4.81. The van der Waals surface area contributed by atoms with Gasteiger partial charge in [-0.1, -0.05) is 76.2 Å². The zero-order valence-corrected chi connectivity index (χ0v) is 20.2. The summed E-state index contributed by atoms with van der Waals surface area (Å²) < 4.78 is 5.70. The Morgan fingerprint density at radius 3 is 2.31 bits per heavy atom. The van der Waals surface area contributed by atoms with E-state index in [0.29, 0.717) is 5.89 Å². The molecule has 0 fully saturated rings. The number of nitrogens with zero attached hydrogens (tertiary/aromatic N) is 3. The average molecular weight is 434 g/mol. The van der Waals surface area contributed by atoms with Crippen molar-refractivity contribution in [1.29, 1.82) is 0 Å². The number of benzene rings is 2. The molecule has 2 aromatic carbocycles. The van der Waals surface area contributed by atoms with Gasteiger partial charge in [0.15, 0.2) is 0 Å². The third kappa shape index (κ3) is 5.26. The minimum Gasteiger partial charge on any atom is -0.425 e. The molecule has 1 aliphatic carbocycles. The highest BCUT2D eigenvalue weighted by Crippen LogP contribution is 2.38. The van der Waals surface area contributed by atoms with Gasteiger partial charge in [0.25, 0.3) is 0 Å². The molecule has 0 amide bonds. The molecule has 1 aliphatic rings. The average Bonchev–Trinajstić information content (AvgIpc) is 3.37. The molecule has 4 rings (SSSR count). The molecule has 5 nitrogen and oxygen atoms in total. The molecule has 32 heavy (non-hydrogen) atoms. The molecule has 0 bridgehead atoms. The van der Waals surface area contributed by atoms with Gasteiger partial charge in [-0.25, -0.2) is 0 Å². The van der Waals surface area contributed by atoms with Crippen molar-refractivity contribution in [2.75, 3.05) is 7.11 Å². The van der Waals surface area contributed by atoms with Crippen LogP contribution in [0.4, 0.5) is 0 Å². The van der Waals surface area contributed by atoms with Gasteiger partial charge in [-0.3, -0.25) is 0 Å². The zero-order chi connectivity index (χ0) is 23.1. The summed E-state index contributed by atoms with van der Waals surface area (Å²) in [6, 6.07) is 15.1. The van der Waals surface area contributed by atoms with Gasteiger partial charge in [-0.15, -0.1) is 10.2 Å². The first kappa shape index (κ1) is 23.7. The van der Waals surface area contributed by atoms with Crippen LogP contribution in [0.3, 0.4) is 0 Å². The molecule has 0 saturated carbocycles. The molecule has 3 aromatic rings. The van der Waals surface area contributed by atoms with Gasteiger partial charge in [0, 0.05) is 24.0 Å². The Morgan fingerprint density at radius 2 is 1.62 bits per heavy atom. The third-order valence-electron chi connectivity index (χ3n) is 5.75. The van der Waals surface area contributed by atoms with E-state index in [1.807, 2.05) is 26.8 Å². The smallest absolute Gasteiger partial charge is 0.217 e. The molecule has 5 heteroatoms. The van der Waals surface area contributed by atoms with Crippen LogP contribution in [0.1, 0.15) is 75.9 Å². The lowest BCUT2D eigenvalue weighted by atomic mass is 9.83. The second-order valence-electron chi connectivity index (χ2n) is 8.69. The number of rotatable bonds is 8. The quantitative estimate of drug-likeness (QED) is 0.293. The van der Waals surface area contributed by atoms with Crippen LogP contribution in [-0.4, -0.2) is 23.0 Å². The third-order valence-corrected chi connectivity index (χ3v) is 5.75. The molecule has 0 spiro atoms. The van der Waals surface area contributed by atoms with Gasteiger partial charge in [0.05, 0.1) is 0 Å². The van der Waals surface area contributed by atoms with Crippen LogP contribution < -0.4 is 0 Å². The number of aryl methyl sites for hydroxylation is 2. The highest BCUT2D eigenvalue weighted by Gasteiger charge is 2.26. The van der Waals surface area contributed by atoms with E-state index >= 15 is 0 Å². The summed E-state index contributed by atoms with van der Waals surface area (Å²) in [5, 5.41) is 12.6. The van der Waals surface area contributed by atoms with Crippen LogP contribution in [0.2, 0.25) is 0 Å². The number of hydrogen-bond acceptors (Lipinski definition) is 5. The normalized spacial score (nSPS) is 13.4. The number of fused-ring (bicyclic) bond motifs is 3. The number of aromatic nitrogens is 2. The minimum absolute atomic E-state index is 0.118. The maximum absolute atomic E-state index is 5.70. The fraction of sp³-hybridized carbons (Fsp3) is 0.444. The topological polar surface area (TPSA) is 60.5 Å². The molecule has 0 N–H and O–H groups in total. The molecule has 0 atom stereocenters. The summed E-state index contributed by atoms with van der Waals surface area (Å²) in [4.78, 5) is 5.14. The Balaban J connectivity index is 0.00000141. The monoisotopic (exact) mass is 433 g/mol. The lowest BCUT2D eigenvalue weighted by Gasteiger charge is -2.22. The van der Waals surface area contributed by atoms with Crippen LogP contribution in [0.25, 0.3) is 11.1 Å². The fourth-order valence-corrected chi connectivity index (χ4v) is 4.21. The maximum Gasteiger partial charge on any atom is 0.217 e. The van der Waals surface area contributed by atoms with E-state index in [-0.39, 0.29) is 5.41 Å². The Hall–Kier alpha value is -2.95. The van der Waals surface area contributed by atoms with Crippen molar-refractivity contribution in [3.8, 4) is 11.1 Å². The zero-order valence-electron chi connectivity index (χ0n) is 20.2. The first-order chi connectivity index (χ1) is 15.5. The molecule has 1 aromatic heterocycles. The highest BCUT2D eigenvalue weighted by molar-refractivity contribution is 6.24. The standard InChI is InChI=1S/C25H29N3O2.C2H6/c1-5-22-26-27-23(30-22)16-25(2,3)14-8-9-17-12-13-19-18-10-6-7-11-20(18)24(28-29-4)21(19)15-17;1-2/h6-7,10-13,15H,5,8-9,14,16H2,1-4H3;1-2H3/b28-24-;. The Morgan fingerprint density at radius 1 is 0.938 bits per heavy atom. The van der Waals surface area contributed by atoms with Crippen molar-refractivity contribution in [3.05, 3.63) is 70.9 Å². The molecule has 0 radical (unpaired) electrons. The van der Waals surface area contributed by atoms with E-state index in [9.17, 15) is 0 Å². The van der Waals surface area contributed by atoms with Crippen LogP contribution in [0.15, 0.2) is 52.0 Å². The molecular weight excluding hydrogens is 398 g/mol. The van der Waals surface area contributed by atoms with Crippen LogP contribution in [-0.2, 0) is 24.1 Å². The van der Waals surface area contributed by atoms with E-state index in [0.717, 1.165) is 54.8 Å². The lowest BCUT2D eigenvalue weighted by Crippen LogP contribution is -2.15. The Bertz CT molecular complexity index is 1070. The highest BCUT2D eigenvalue weighted by atomic mass is 16.6. The first-order valence-electron chi connectivity index (χ1n) is 11.7. The van der Waals surface area contributed by atoms with Gasteiger partial charge < -0.3 is 9.25 Å². The van der Waals surface area contributed by atoms with Gasteiger partial charge in [0.1, 0.15) is 12.8 Å². The second kappa shape index (κ2) is 10.6. The number of oxime groups is 1. The van der Waals surface area contributed by atoms with E-state index in [2.05, 4.69) is 65.6 Å². The Kier molecular flexibility index (Phi) is 7.84. The van der Waals surface area contributed by atoms with Crippen LogP contribution >= 0.6 is 0 Å². The summed E-state index contributed by atoms with van der Waals surface area (Å²) in [7, 11) is 1.60.